The molecule has 7 nitrogen and oxygen atoms in total. The van der Waals surface area contributed by atoms with E-state index in [-0.39, 0.29) is 0 Å². The molecule has 5 rings (SSSR count). The first-order chi connectivity index (χ1) is 14.2. The standard InChI is InChI=1S/C22H16N6O/c23-21(29)16-6-2-5-15(12-16)18-9-10-19-22(25-18)28(27-26-19)13-17-7-1-4-14-8-3-11-24-20(14)17/h1-12H,13H2,(H2,23,29). The summed E-state index contributed by atoms with van der Waals surface area (Å²) < 4.78 is 1.76. The number of fused-ring (bicyclic) bond motifs is 2. The van der Waals surface area contributed by atoms with Gasteiger partial charge in [0.1, 0.15) is 5.52 Å². The highest BCUT2D eigenvalue weighted by molar-refractivity contribution is 5.94. The first-order valence-electron chi connectivity index (χ1n) is 9.12. The van der Waals surface area contributed by atoms with Crippen molar-refractivity contribution in [3.05, 3.63) is 84.1 Å². The quantitative estimate of drug-likeness (QED) is 0.516. The van der Waals surface area contributed by atoms with Gasteiger partial charge in [-0.1, -0.05) is 41.6 Å². The van der Waals surface area contributed by atoms with Gasteiger partial charge in [-0.15, -0.1) is 5.10 Å². The molecule has 3 aromatic heterocycles. The average Bonchev–Trinajstić information content (AvgIpc) is 3.16. The molecular formula is C22H16N6O. The number of carbonyl (C=O) groups is 1. The van der Waals surface area contributed by atoms with Crippen LogP contribution in [0.1, 0.15) is 15.9 Å². The van der Waals surface area contributed by atoms with Crippen LogP contribution in [-0.2, 0) is 6.54 Å². The van der Waals surface area contributed by atoms with Crippen LogP contribution in [0.2, 0.25) is 0 Å². The summed E-state index contributed by atoms with van der Waals surface area (Å²) in [4.78, 5) is 20.7. The van der Waals surface area contributed by atoms with Crippen molar-refractivity contribution in [1.29, 1.82) is 0 Å². The van der Waals surface area contributed by atoms with E-state index in [1.54, 1.807) is 29.1 Å². The van der Waals surface area contributed by atoms with Crippen molar-refractivity contribution in [3.63, 3.8) is 0 Å². The van der Waals surface area contributed by atoms with E-state index in [1.165, 1.54) is 0 Å². The number of para-hydroxylation sites is 1. The lowest BCUT2D eigenvalue weighted by atomic mass is 10.1. The number of aromatic nitrogens is 5. The van der Waals surface area contributed by atoms with Crippen molar-refractivity contribution in [3.8, 4) is 11.3 Å². The third-order valence-electron chi connectivity index (χ3n) is 4.84. The van der Waals surface area contributed by atoms with Crippen molar-refractivity contribution >= 4 is 28.0 Å². The molecule has 1 amide bonds. The van der Waals surface area contributed by atoms with Crippen LogP contribution in [0.3, 0.4) is 0 Å². The molecule has 0 aliphatic heterocycles. The Morgan fingerprint density at radius 3 is 2.76 bits per heavy atom. The highest BCUT2D eigenvalue weighted by atomic mass is 16.1. The fourth-order valence-corrected chi connectivity index (χ4v) is 3.41. The summed E-state index contributed by atoms with van der Waals surface area (Å²) in [5, 5.41) is 9.59. The zero-order valence-corrected chi connectivity index (χ0v) is 15.4. The number of amides is 1. The number of nitrogens with zero attached hydrogens (tertiary/aromatic N) is 5. The molecule has 140 valence electrons. The van der Waals surface area contributed by atoms with Crippen LogP contribution >= 0.6 is 0 Å². The minimum atomic E-state index is -0.469. The van der Waals surface area contributed by atoms with Crippen LogP contribution in [0.5, 0.6) is 0 Å². The molecule has 29 heavy (non-hydrogen) atoms. The topological polar surface area (TPSA) is 99.6 Å². The van der Waals surface area contributed by atoms with Crippen LogP contribution in [-0.4, -0.2) is 30.9 Å². The number of primary amides is 1. The van der Waals surface area contributed by atoms with Gasteiger partial charge in [0.05, 0.1) is 17.8 Å². The molecule has 0 radical (unpaired) electrons. The van der Waals surface area contributed by atoms with E-state index in [2.05, 4.69) is 15.3 Å². The Bertz CT molecular complexity index is 1370. The lowest BCUT2D eigenvalue weighted by molar-refractivity contribution is 0.100. The summed E-state index contributed by atoms with van der Waals surface area (Å²) in [6, 6.07) is 20.9. The van der Waals surface area contributed by atoms with E-state index < -0.39 is 5.91 Å². The Morgan fingerprint density at radius 1 is 1.00 bits per heavy atom. The fraction of sp³-hybridized carbons (Fsp3) is 0.0455. The van der Waals surface area contributed by atoms with E-state index in [1.807, 2.05) is 48.5 Å². The van der Waals surface area contributed by atoms with E-state index in [0.29, 0.717) is 23.3 Å². The van der Waals surface area contributed by atoms with Crippen molar-refractivity contribution in [1.82, 2.24) is 25.0 Å². The molecule has 0 fully saturated rings. The minimum Gasteiger partial charge on any atom is -0.366 e. The van der Waals surface area contributed by atoms with Gasteiger partial charge >= 0.3 is 0 Å². The van der Waals surface area contributed by atoms with Gasteiger partial charge in [0.15, 0.2) is 5.65 Å². The number of nitrogens with two attached hydrogens (primary N) is 1. The van der Waals surface area contributed by atoms with Gasteiger partial charge in [-0.2, -0.15) is 0 Å². The third-order valence-corrected chi connectivity index (χ3v) is 4.84. The molecule has 0 aliphatic carbocycles. The molecule has 0 spiro atoms. The lowest BCUT2D eigenvalue weighted by Crippen LogP contribution is -2.10. The van der Waals surface area contributed by atoms with Crippen LogP contribution in [0, 0.1) is 0 Å². The molecule has 0 unspecified atom stereocenters. The molecule has 0 aliphatic rings. The molecule has 0 atom stereocenters. The molecule has 0 bridgehead atoms. The summed E-state index contributed by atoms with van der Waals surface area (Å²) in [6.07, 6.45) is 1.79. The van der Waals surface area contributed by atoms with Gasteiger partial charge in [-0.3, -0.25) is 9.78 Å². The Balaban J connectivity index is 1.58. The molecule has 2 N–H and O–H groups in total. The summed E-state index contributed by atoms with van der Waals surface area (Å²) in [7, 11) is 0. The van der Waals surface area contributed by atoms with E-state index in [4.69, 9.17) is 10.7 Å². The zero-order valence-electron chi connectivity index (χ0n) is 15.4. The summed E-state index contributed by atoms with van der Waals surface area (Å²) in [6.45, 7) is 0.503. The summed E-state index contributed by atoms with van der Waals surface area (Å²) in [5.74, 6) is -0.469. The minimum absolute atomic E-state index is 0.442. The SMILES string of the molecule is NC(=O)c1cccc(-c2ccc3nnn(Cc4cccc5cccnc45)c3n2)c1. The van der Waals surface area contributed by atoms with E-state index in [9.17, 15) is 4.79 Å². The molecule has 0 saturated heterocycles. The van der Waals surface area contributed by atoms with Crippen molar-refractivity contribution in [2.24, 2.45) is 5.73 Å². The molecule has 5 aromatic rings. The number of benzene rings is 2. The van der Waals surface area contributed by atoms with E-state index in [0.717, 1.165) is 27.7 Å². The van der Waals surface area contributed by atoms with Crippen molar-refractivity contribution in [2.75, 3.05) is 0 Å². The largest absolute Gasteiger partial charge is 0.366 e. The predicted molar refractivity (Wildman–Crippen MR) is 110 cm³/mol. The fourth-order valence-electron chi connectivity index (χ4n) is 3.41. The lowest BCUT2D eigenvalue weighted by Gasteiger charge is -2.07. The van der Waals surface area contributed by atoms with Gasteiger partial charge in [0, 0.05) is 22.7 Å². The Hall–Kier alpha value is -4.13. The van der Waals surface area contributed by atoms with Crippen LogP contribution in [0.25, 0.3) is 33.3 Å². The van der Waals surface area contributed by atoms with Gasteiger partial charge in [-0.25, -0.2) is 9.67 Å². The smallest absolute Gasteiger partial charge is 0.248 e. The first kappa shape index (κ1) is 17.0. The van der Waals surface area contributed by atoms with Gasteiger partial charge in [0.25, 0.3) is 0 Å². The molecule has 2 aromatic carbocycles. The second-order valence-corrected chi connectivity index (χ2v) is 6.72. The Morgan fingerprint density at radius 2 is 1.86 bits per heavy atom. The van der Waals surface area contributed by atoms with Gasteiger partial charge in [-0.05, 0) is 35.9 Å². The highest BCUT2D eigenvalue weighted by Gasteiger charge is 2.12. The van der Waals surface area contributed by atoms with Gasteiger partial charge < -0.3 is 5.73 Å². The number of rotatable bonds is 4. The maximum Gasteiger partial charge on any atom is 0.248 e. The van der Waals surface area contributed by atoms with Crippen molar-refractivity contribution in [2.45, 2.75) is 6.54 Å². The number of hydrogen-bond donors (Lipinski definition) is 1. The maximum atomic E-state index is 11.5. The molecule has 0 saturated carbocycles. The second kappa shape index (κ2) is 6.79. The number of pyridine rings is 2. The predicted octanol–water partition coefficient (Wildman–Crippen LogP) is 3.19. The Kier molecular flexibility index (Phi) is 3.98. The third kappa shape index (κ3) is 3.08. The average molecular weight is 380 g/mol. The molecule has 3 heterocycles. The molecule has 7 heteroatoms. The van der Waals surface area contributed by atoms with Gasteiger partial charge in [0.2, 0.25) is 5.91 Å². The summed E-state index contributed by atoms with van der Waals surface area (Å²) >= 11 is 0. The monoisotopic (exact) mass is 380 g/mol. The zero-order chi connectivity index (χ0) is 19.8. The normalized spacial score (nSPS) is 11.2. The summed E-state index contributed by atoms with van der Waals surface area (Å²) in [5.41, 5.74) is 10.7. The number of carbonyl (C=O) groups excluding carboxylic acids is 1. The maximum absolute atomic E-state index is 11.5. The van der Waals surface area contributed by atoms with Crippen LogP contribution in [0.15, 0.2) is 72.9 Å². The van der Waals surface area contributed by atoms with Crippen LogP contribution < -0.4 is 5.73 Å². The van der Waals surface area contributed by atoms with E-state index >= 15 is 0 Å². The van der Waals surface area contributed by atoms with Crippen molar-refractivity contribution < 1.29 is 4.79 Å². The van der Waals surface area contributed by atoms with Crippen LogP contribution in [0.4, 0.5) is 0 Å². The Labute approximate surface area is 165 Å². The second-order valence-electron chi connectivity index (χ2n) is 6.72. The highest BCUT2D eigenvalue weighted by Crippen LogP contribution is 2.22. The molecular weight excluding hydrogens is 364 g/mol. The number of hydrogen-bond acceptors (Lipinski definition) is 5. The first-order valence-corrected chi connectivity index (χ1v) is 9.12.